The summed E-state index contributed by atoms with van der Waals surface area (Å²) in [6.45, 7) is 9.55. The Bertz CT molecular complexity index is 328. The molecule has 3 nitrogen and oxygen atoms in total. The molecule has 0 radical (unpaired) electrons. The van der Waals surface area contributed by atoms with Crippen LogP contribution in [0.1, 0.15) is 25.1 Å². The van der Waals surface area contributed by atoms with Gasteiger partial charge >= 0.3 is 0 Å². The minimum absolute atomic E-state index is 0.286. The molecule has 1 N–H and O–H groups in total. The summed E-state index contributed by atoms with van der Waals surface area (Å²) in [4.78, 5) is 6.61. The smallest absolute Gasteiger partial charge is 0.0541 e. The number of rotatable bonds is 6. The molecule has 0 spiro atoms. The summed E-state index contributed by atoms with van der Waals surface area (Å²) in [7, 11) is 4.23. The van der Waals surface area contributed by atoms with Gasteiger partial charge in [-0.2, -0.15) is 0 Å². The van der Waals surface area contributed by atoms with Gasteiger partial charge in [0.05, 0.1) is 5.69 Å². The number of nitrogens with one attached hydrogen (secondary N) is 1. The van der Waals surface area contributed by atoms with Crippen molar-refractivity contribution in [3.63, 3.8) is 0 Å². The summed E-state index contributed by atoms with van der Waals surface area (Å²) >= 11 is 0. The summed E-state index contributed by atoms with van der Waals surface area (Å²) in [5.41, 5.74) is 2.60. The van der Waals surface area contributed by atoms with Gasteiger partial charge < -0.3 is 10.2 Å². The molecule has 96 valence electrons. The van der Waals surface area contributed by atoms with Gasteiger partial charge in [0.25, 0.3) is 0 Å². The van der Waals surface area contributed by atoms with Crippen molar-refractivity contribution in [1.82, 2.24) is 15.2 Å². The highest BCUT2D eigenvalue weighted by Crippen LogP contribution is 2.14. The lowest BCUT2D eigenvalue weighted by Gasteiger charge is -2.28. The van der Waals surface area contributed by atoms with Gasteiger partial charge in [0.15, 0.2) is 0 Å². The van der Waals surface area contributed by atoms with E-state index in [-0.39, 0.29) is 5.41 Å². The van der Waals surface area contributed by atoms with Crippen LogP contribution in [0.2, 0.25) is 0 Å². The number of aryl methyl sites for hydroxylation is 1. The summed E-state index contributed by atoms with van der Waals surface area (Å²) in [6.07, 6.45) is 1.92. The summed E-state index contributed by atoms with van der Waals surface area (Å²) in [5, 5.41) is 3.48. The predicted molar refractivity (Wildman–Crippen MR) is 73.0 cm³/mol. The summed E-state index contributed by atoms with van der Waals surface area (Å²) in [5.74, 6) is 0. The van der Waals surface area contributed by atoms with Crippen LogP contribution in [0.3, 0.4) is 0 Å². The molecule has 1 heterocycles. The molecule has 0 aliphatic carbocycles. The third-order valence-corrected chi connectivity index (χ3v) is 2.63. The van der Waals surface area contributed by atoms with Crippen molar-refractivity contribution in [2.45, 2.75) is 27.3 Å². The molecule has 0 atom stereocenters. The minimum atomic E-state index is 0.286. The quantitative estimate of drug-likeness (QED) is 0.818. The molecule has 0 saturated heterocycles. The van der Waals surface area contributed by atoms with Crippen molar-refractivity contribution >= 4 is 0 Å². The molecule has 0 aliphatic rings. The molecule has 0 unspecified atom stereocenters. The molecule has 3 heteroatoms. The second kappa shape index (κ2) is 6.12. The molecule has 17 heavy (non-hydrogen) atoms. The molecule has 0 aromatic carbocycles. The van der Waals surface area contributed by atoms with E-state index < -0.39 is 0 Å². The van der Waals surface area contributed by atoms with E-state index in [0.29, 0.717) is 0 Å². The Labute approximate surface area is 105 Å². The molecule has 0 fully saturated rings. The van der Waals surface area contributed by atoms with Crippen molar-refractivity contribution in [2.75, 3.05) is 27.2 Å². The maximum Gasteiger partial charge on any atom is 0.0541 e. The molecule has 1 aromatic rings. The SMILES string of the molecule is Cc1ccc(CNCC(C)(C)CN(C)C)nc1. The van der Waals surface area contributed by atoms with Gasteiger partial charge in [0.2, 0.25) is 0 Å². The largest absolute Gasteiger partial charge is 0.311 e. The van der Waals surface area contributed by atoms with Crippen LogP contribution in [-0.4, -0.2) is 37.1 Å². The molecule has 0 amide bonds. The molecular weight excluding hydrogens is 210 g/mol. The van der Waals surface area contributed by atoms with Gasteiger partial charge in [-0.1, -0.05) is 19.9 Å². The number of nitrogens with zero attached hydrogens (tertiary/aromatic N) is 2. The fourth-order valence-electron chi connectivity index (χ4n) is 2.04. The Morgan fingerprint density at radius 2 is 2.00 bits per heavy atom. The summed E-state index contributed by atoms with van der Waals surface area (Å²) < 4.78 is 0. The average molecular weight is 235 g/mol. The van der Waals surface area contributed by atoms with Crippen molar-refractivity contribution in [3.05, 3.63) is 29.6 Å². The molecule has 0 saturated carbocycles. The molecule has 1 rings (SSSR count). The average Bonchev–Trinajstić information content (AvgIpc) is 2.18. The van der Waals surface area contributed by atoms with Crippen LogP contribution in [0.25, 0.3) is 0 Å². The lowest BCUT2D eigenvalue weighted by molar-refractivity contribution is 0.232. The number of hydrogen-bond donors (Lipinski definition) is 1. The fraction of sp³-hybridized carbons (Fsp3) is 0.643. The Hall–Kier alpha value is -0.930. The zero-order valence-electron chi connectivity index (χ0n) is 11.7. The van der Waals surface area contributed by atoms with Crippen LogP contribution < -0.4 is 5.32 Å². The maximum absolute atomic E-state index is 4.39. The maximum atomic E-state index is 4.39. The fourth-order valence-corrected chi connectivity index (χ4v) is 2.04. The highest BCUT2D eigenvalue weighted by atomic mass is 15.1. The normalized spacial score (nSPS) is 12.1. The van der Waals surface area contributed by atoms with E-state index >= 15 is 0 Å². The first-order valence-electron chi connectivity index (χ1n) is 6.16. The number of aromatic nitrogens is 1. The van der Waals surface area contributed by atoms with Gasteiger partial charge in [-0.25, -0.2) is 0 Å². The van der Waals surface area contributed by atoms with E-state index in [9.17, 15) is 0 Å². The zero-order chi connectivity index (χ0) is 12.9. The topological polar surface area (TPSA) is 28.2 Å². The van der Waals surface area contributed by atoms with Crippen molar-refractivity contribution in [1.29, 1.82) is 0 Å². The standard InChI is InChI=1S/C14H25N3/c1-12-6-7-13(16-8-12)9-15-10-14(2,3)11-17(4)5/h6-8,15H,9-11H2,1-5H3. The first kappa shape index (κ1) is 14.1. The molecule has 0 aliphatic heterocycles. The van der Waals surface area contributed by atoms with E-state index in [2.05, 4.69) is 62.2 Å². The highest BCUT2D eigenvalue weighted by molar-refractivity contribution is 5.11. The van der Waals surface area contributed by atoms with Gasteiger partial charge in [-0.05, 0) is 38.1 Å². The highest BCUT2D eigenvalue weighted by Gasteiger charge is 2.18. The second-order valence-electron chi connectivity index (χ2n) is 5.83. The minimum Gasteiger partial charge on any atom is -0.311 e. The Morgan fingerprint density at radius 3 is 2.53 bits per heavy atom. The van der Waals surface area contributed by atoms with E-state index in [4.69, 9.17) is 0 Å². The van der Waals surface area contributed by atoms with Crippen LogP contribution in [0.5, 0.6) is 0 Å². The van der Waals surface area contributed by atoms with E-state index in [1.165, 1.54) is 5.56 Å². The van der Waals surface area contributed by atoms with E-state index in [1.807, 2.05) is 6.20 Å². The third-order valence-electron chi connectivity index (χ3n) is 2.63. The lowest BCUT2D eigenvalue weighted by Crippen LogP contribution is -2.37. The van der Waals surface area contributed by atoms with E-state index in [0.717, 1.165) is 25.3 Å². The Balaban J connectivity index is 2.34. The Kier molecular flexibility index (Phi) is 5.09. The zero-order valence-corrected chi connectivity index (χ0v) is 11.7. The van der Waals surface area contributed by atoms with E-state index in [1.54, 1.807) is 0 Å². The van der Waals surface area contributed by atoms with Crippen LogP contribution in [0.4, 0.5) is 0 Å². The lowest BCUT2D eigenvalue weighted by atomic mass is 9.93. The van der Waals surface area contributed by atoms with Gasteiger partial charge in [0.1, 0.15) is 0 Å². The first-order valence-corrected chi connectivity index (χ1v) is 6.16. The third kappa shape index (κ3) is 5.80. The van der Waals surface area contributed by atoms with Crippen molar-refractivity contribution in [3.8, 4) is 0 Å². The van der Waals surface area contributed by atoms with Crippen LogP contribution in [0, 0.1) is 12.3 Å². The van der Waals surface area contributed by atoms with Crippen LogP contribution >= 0.6 is 0 Å². The van der Waals surface area contributed by atoms with Crippen molar-refractivity contribution < 1.29 is 0 Å². The molecular formula is C14H25N3. The summed E-state index contributed by atoms with van der Waals surface area (Å²) in [6, 6.07) is 4.19. The number of pyridine rings is 1. The van der Waals surface area contributed by atoms with Gasteiger partial charge in [-0.15, -0.1) is 0 Å². The second-order valence-corrected chi connectivity index (χ2v) is 5.83. The number of hydrogen-bond acceptors (Lipinski definition) is 3. The molecule has 0 bridgehead atoms. The predicted octanol–water partition coefficient (Wildman–Crippen LogP) is 2.07. The van der Waals surface area contributed by atoms with Gasteiger partial charge in [-0.3, -0.25) is 4.98 Å². The molecule has 1 aromatic heterocycles. The van der Waals surface area contributed by atoms with Crippen molar-refractivity contribution in [2.24, 2.45) is 5.41 Å². The monoisotopic (exact) mass is 235 g/mol. The van der Waals surface area contributed by atoms with Crippen LogP contribution in [-0.2, 0) is 6.54 Å². The Morgan fingerprint density at radius 1 is 1.29 bits per heavy atom. The van der Waals surface area contributed by atoms with Crippen LogP contribution in [0.15, 0.2) is 18.3 Å². The van der Waals surface area contributed by atoms with Gasteiger partial charge in [0, 0.05) is 25.8 Å². The first-order chi connectivity index (χ1) is 7.89.